The maximum Gasteiger partial charge on any atom is 0.260 e. The van der Waals surface area contributed by atoms with Crippen LogP contribution < -0.4 is 10.1 Å². The Balaban J connectivity index is 1.45. The highest BCUT2D eigenvalue weighted by molar-refractivity contribution is 9.10. The van der Waals surface area contributed by atoms with Crippen molar-refractivity contribution in [3.05, 3.63) is 59.1 Å². The van der Waals surface area contributed by atoms with Gasteiger partial charge >= 0.3 is 0 Å². The first-order valence-electron chi connectivity index (χ1n) is 8.64. The van der Waals surface area contributed by atoms with Gasteiger partial charge in [0, 0.05) is 23.5 Å². The van der Waals surface area contributed by atoms with Gasteiger partial charge in [-0.05, 0) is 53.0 Å². The van der Waals surface area contributed by atoms with E-state index in [1.54, 1.807) is 4.90 Å². The molecule has 1 N–H and O–H groups in total. The van der Waals surface area contributed by atoms with Crippen molar-refractivity contribution in [1.29, 1.82) is 0 Å². The van der Waals surface area contributed by atoms with Crippen LogP contribution in [0.2, 0.25) is 0 Å². The topological polar surface area (TPSA) is 58.6 Å². The molecule has 1 aliphatic heterocycles. The third-order valence-electron chi connectivity index (χ3n) is 4.46. The van der Waals surface area contributed by atoms with Crippen LogP contribution in [0.3, 0.4) is 0 Å². The quantitative estimate of drug-likeness (QED) is 0.807. The van der Waals surface area contributed by atoms with Crippen LogP contribution >= 0.6 is 15.9 Å². The van der Waals surface area contributed by atoms with Gasteiger partial charge in [-0.3, -0.25) is 9.59 Å². The molecule has 1 aliphatic rings. The molecule has 136 valence electrons. The average Bonchev–Trinajstić information content (AvgIpc) is 2.69. The second-order valence-electron chi connectivity index (χ2n) is 6.23. The molecule has 2 amide bonds. The summed E-state index contributed by atoms with van der Waals surface area (Å²) in [5.41, 5.74) is 0.771. The lowest BCUT2D eigenvalue weighted by molar-refractivity contribution is -0.136. The number of nitrogens with zero attached hydrogens (tertiary/aromatic N) is 1. The fourth-order valence-corrected chi connectivity index (χ4v) is 3.33. The number of carbonyl (C=O) groups excluding carboxylic acids is 2. The highest BCUT2D eigenvalue weighted by Crippen LogP contribution is 2.24. The molecule has 0 spiro atoms. The lowest BCUT2D eigenvalue weighted by Gasteiger charge is -2.31. The van der Waals surface area contributed by atoms with Crippen LogP contribution in [-0.2, 0) is 9.59 Å². The fourth-order valence-electron chi connectivity index (χ4n) is 2.94. The second kappa shape index (κ2) is 8.85. The van der Waals surface area contributed by atoms with Crippen molar-refractivity contribution < 1.29 is 14.3 Å². The lowest BCUT2D eigenvalue weighted by Crippen LogP contribution is -2.43. The third-order valence-corrected chi connectivity index (χ3v) is 5.15. The molecule has 0 aromatic heterocycles. The number of ether oxygens (including phenoxy) is 1. The maximum absolute atomic E-state index is 12.4. The Morgan fingerprint density at radius 2 is 1.69 bits per heavy atom. The summed E-state index contributed by atoms with van der Waals surface area (Å²) in [5.74, 6) is 0.563. The van der Waals surface area contributed by atoms with E-state index < -0.39 is 0 Å². The number of anilines is 1. The summed E-state index contributed by atoms with van der Waals surface area (Å²) in [4.78, 5) is 26.5. The molecule has 1 heterocycles. The number of rotatable bonds is 5. The molecule has 0 bridgehead atoms. The van der Waals surface area contributed by atoms with Crippen molar-refractivity contribution in [2.24, 2.45) is 5.92 Å². The normalized spacial score (nSPS) is 14.7. The Labute approximate surface area is 161 Å². The van der Waals surface area contributed by atoms with Crippen molar-refractivity contribution >= 4 is 33.4 Å². The van der Waals surface area contributed by atoms with Gasteiger partial charge in [-0.25, -0.2) is 0 Å². The number of likely N-dealkylation sites (tertiary alicyclic amines) is 1. The largest absolute Gasteiger partial charge is 0.484 e. The summed E-state index contributed by atoms with van der Waals surface area (Å²) >= 11 is 3.43. The SMILES string of the molecule is O=C(Nc1ccccc1Br)C1CCN(C(=O)COc2ccccc2)CC1. The monoisotopic (exact) mass is 416 g/mol. The van der Waals surface area contributed by atoms with Gasteiger partial charge in [0.15, 0.2) is 6.61 Å². The predicted molar refractivity (Wildman–Crippen MR) is 104 cm³/mol. The number of para-hydroxylation sites is 2. The van der Waals surface area contributed by atoms with Gasteiger partial charge in [-0.1, -0.05) is 30.3 Å². The Morgan fingerprint density at radius 3 is 2.38 bits per heavy atom. The summed E-state index contributed by atoms with van der Waals surface area (Å²) in [7, 11) is 0. The van der Waals surface area contributed by atoms with E-state index in [1.807, 2.05) is 54.6 Å². The number of hydrogen-bond acceptors (Lipinski definition) is 3. The molecule has 0 atom stereocenters. The van der Waals surface area contributed by atoms with Crippen LogP contribution in [0.25, 0.3) is 0 Å². The number of carbonyl (C=O) groups is 2. The molecule has 0 saturated carbocycles. The minimum absolute atomic E-state index is 0.00420. The number of nitrogens with one attached hydrogen (secondary N) is 1. The Bertz CT molecular complexity index is 759. The highest BCUT2D eigenvalue weighted by atomic mass is 79.9. The molecule has 0 unspecified atom stereocenters. The van der Waals surface area contributed by atoms with Gasteiger partial charge in [-0.15, -0.1) is 0 Å². The second-order valence-corrected chi connectivity index (χ2v) is 7.08. The Hall–Kier alpha value is -2.34. The van der Waals surface area contributed by atoms with E-state index in [4.69, 9.17) is 4.74 Å². The minimum Gasteiger partial charge on any atom is -0.484 e. The number of benzene rings is 2. The summed E-state index contributed by atoms with van der Waals surface area (Å²) in [5, 5.41) is 2.96. The molecule has 6 heteroatoms. The fraction of sp³-hybridized carbons (Fsp3) is 0.300. The molecule has 0 aliphatic carbocycles. The molecule has 1 saturated heterocycles. The highest BCUT2D eigenvalue weighted by Gasteiger charge is 2.27. The van der Waals surface area contributed by atoms with Crippen molar-refractivity contribution in [2.75, 3.05) is 25.0 Å². The molecule has 26 heavy (non-hydrogen) atoms. The van der Waals surface area contributed by atoms with E-state index >= 15 is 0 Å². The molecule has 2 aromatic carbocycles. The first-order chi connectivity index (χ1) is 12.6. The van der Waals surface area contributed by atoms with Crippen LogP contribution in [0.15, 0.2) is 59.1 Å². The zero-order valence-corrected chi connectivity index (χ0v) is 15.9. The average molecular weight is 417 g/mol. The molecule has 3 rings (SSSR count). The van der Waals surface area contributed by atoms with Crippen molar-refractivity contribution in [3.63, 3.8) is 0 Å². The van der Waals surface area contributed by atoms with E-state index in [2.05, 4.69) is 21.2 Å². The Morgan fingerprint density at radius 1 is 1.04 bits per heavy atom. The molecule has 2 aromatic rings. The standard InChI is InChI=1S/C20H21BrN2O3/c21-17-8-4-5-9-18(17)22-20(25)15-10-12-23(13-11-15)19(24)14-26-16-6-2-1-3-7-16/h1-9,15H,10-14H2,(H,22,25). The van der Waals surface area contributed by atoms with Crippen molar-refractivity contribution in [2.45, 2.75) is 12.8 Å². The van der Waals surface area contributed by atoms with Crippen molar-refractivity contribution in [1.82, 2.24) is 4.90 Å². The maximum atomic E-state index is 12.4. The van der Waals surface area contributed by atoms with Crippen LogP contribution in [0.5, 0.6) is 5.75 Å². The number of amides is 2. The molecular formula is C20H21BrN2O3. The molecule has 1 fully saturated rings. The zero-order valence-electron chi connectivity index (χ0n) is 14.4. The summed E-state index contributed by atoms with van der Waals surface area (Å²) in [6, 6.07) is 16.8. The molecule has 0 radical (unpaired) electrons. The van der Waals surface area contributed by atoms with Crippen molar-refractivity contribution in [3.8, 4) is 5.75 Å². The molecule has 5 nitrogen and oxygen atoms in total. The minimum atomic E-state index is -0.0822. The summed E-state index contributed by atoms with van der Waals surface area (Å²) < 4.78 is 6.37. The lowest BCUT2D eigenvalue weighted by atomic mass is 9.95. The number of piperidine rings is 1. The van der Waals surface area contributed by atoms with Gasteiger partial charge in [-0.2, -0.15) is 0 Å². The molecular weight excluding hydrogens is 396 g/mol. The summed E-state index contributed by atoms with van der Waals surface area (Å²) in [6.07, 6.45) is 1.32. The zero-order chi connectivity index (χ0) is 18.4. The van der Waals surface area contributed by atoms with Crippen LogP contribution in [0, 0.1) is 5.92 Å². The summed E-state index contributed by atoms with van der Waals surface area (Å²) in [6.45, 7) is 1.17. The van der Waals surface area contributed by atoms with Crippen LogP contribution in [0.4, 0.5) is 5.69 Å². The van der Waals surface area contributed by atoms with Crippen LogP contribution in [0.1, 0.15) is 12.8 Å². The Kier molecular flexibility index (Phi) is 6.28. The van der Waals surface area contributed by atoms with Gasteiger partial charge in [0.2, 0.25) is 5.91 Å². The van der Waals surface area contributed by atoms with Crippen LogP contribution in [-0.4, -0.2) is 36.4 Å². The number of halogens is 1. The predicted octanol–water partition coefficient (Wildman–Crippen LogP) is 3.71. The van der Waals surface area contributed by atoms with E-state index in [0.29, 0.717) is 31.7 Å². The first kappa shape index (κ1) is 18.5. The number of hydrogen-bond donors (Lipinski definition) is 1. The van der Waals surface area contributed by atoms with E-state index in [9.17, 15) is 9.59 Å². The van der Waals surface area contributed by atoms with Gasteiger partial charge in [0.1, 0.15) is 5.75 Å². The van der Waals surface area contributed by atoms with Gasteiger partial charge in [0.05, 0.1) is 5.69 Å². The van der Waals surface area contributed by atoms with Gasteiger partial charge in [0.25, 0.3) is 5.91 Å². The third kappa shape index (κ3) is 4.85. The first-order valence-corrected chi connectivity index (χ1v) is 9.44. The van der Waals surface area contributed by atoms with Gasteiger partial charge < -0.3 is 15.0 Å². The van der Waals surface area contributed by atoms with E-state index in [-0.39, 0.29) is 24.3 Å². The van der Waals surface area contributed by atoms with E-state index in [1.165, 1.54) is 0 Å². The van der Waals surface area contributed by atoms with E-state index in [0.717, 1.165) is 10.2 Å². The smallest absolute Gasteiger partial charge is 0.260 e.